The van der Waals surface area contributed by atoms with E-state index in [9.17, 15) is 0 Å². The molecule has 0 saturated carbocycles. The molecule has 0 aromatic carbocycles. The van der Waals surface area contributed by atoms with Crippen LogP contribution in [-0.4, -0.2) is 34.3 Å². The lowest BCUT2D eigenvalue weighted by atomic mass is 10.2. The molecule has 0 spiro atoms. The summed E-state index contributed by atoms with van der Waals surface area (Å²) in [5, 5.41) is 6.59. The Labute approximate surface area is 106 Å². The molecule has 0 amide bonds. The van der Waals surface area contributed by atoms with Crippen molar-refractivity contribution in [3.8, 4) is 0 Å². The number of thiocarbonyl (C=S) groups is 1. The Morgan fingerprint density at radius 2 is 2.53 bits per heavy atom. The molecule has 1 fully saturated rings. The van der Waals surface area contributed by atoms with Crippen molar-refractivity contribution in [1.29, 1.82) is 0 Å². The van der Waals surface area contributed by atoms with Crippen LogP contribution in [0.2, 0.25) is 0 Å². The molecule has 1 aromatic rings. The summed E-state index contributed by atoms with van der Waals surface area (Å²) < 4.78 is 5.49. The second kappa shape index (κ2) is 5.88. The lowest BCUT2D eigenvalue weighted by molar-refractivity contribution is 0.114. The molecule has 0 aliphatic carbocycles. The molecule has 1 atom stereocenters. The normalized spacial score (nSPS) is 19.0. The van der Waals surface area contributed by atoms with Gasteiger partial charge in [0.25, 0.3) is 0 Å². The zero-order valence-electron chi connectivity index (χ0n) is 9.77. The van der Waals surface area contributed by atoms with Gasteiger partial charge in [-0.05, 0) is 38.0 Å². The van der Waals surface area contributed by atoms with E-state index in [1.54, 1.807) is 6.20 Å². The molecule has 1 saturated heterocycles. The van der Waals surface area contributed by atoms with Gasteiger partial charge in [0.1, 0.15) is 0 Å². The van der Waals surface area contributed by atoms with Crippen molar-refractivity contribution in [2.75, 3.05) is 18.5 Å². The highest BCUT2D eigenvalue weighted by atomic mass is 32.1. The zero-order chi connectivity index (χ0) is 12.1. The summed E-state index contributed by atoms with van der Waals surface area (Å²) in [5.74, 6) is 0.523. The fraction of sp³-hybridized carbons (Fsp3) is 0.545. The first-order valence-electron chi connectivity index (χ1n) is 5.70. The molecule has 2 rings (SSSR count). The van der Waals surface area contributed by atoms with Crippen molar-refractivity contribution in [1.82, 2.24) is 15.3 Å². The molecule has 0 radical (unpaired) electrons. The van der Waals surface area contributed by atoms with Crippen LogP contribution < -0.4 is 10.6 Å². The van der Waals surface area contributed by atoms with E-state index >= 15 is 0 Å². The van der Waals surface area contributed by atoms with E-state index in [0.29, 0.717) is 11.1 Å². The Bertz CT molecular complexity index is 393. The summed E-state index contributed by atoms with van der Waals surface area (Å²) in [4.78, 5) is 8.29. The van der Waals surface area contributed by atoms with Crippen LogP contribution in [0.1, 0.15) is 18.5 Å². The lowest BCUT2D eigenvalue weighted by Gasteiger charge is -2.13. The summed E-state index contributed by atoms with van der Waals surface area (Å²) in [6, 6.07) is 1.84. The minimum atomic E-state index is 0.271. The fourth-order valence-corrected chi connectivity index (χ4v) is 1.84. The van der Waals surface area contributed by atoms with Gasteiger partial charge in [0.05, 0.1) is 6.10 Å². The average molecular weight is 252 g/mol. The van der Waals surface area contributed by atoms with Gasteiger partial charge in [-0.1, -0.05) is 0 Å². The van der Waals surface area contributed by atoms with Crippen molar-refractivity contribution in [2.45, 2.75) is 25.9 Å². The molecule has 17 heavy (non-hydrogen) atoms. The first-order chi connectivity index (χ1) is 8.24. The summed E-state index contributed by atoms with van der Waals surface area (Å²) in [7, 11) is 0. The van der Waals surface area contributed by atoms with Crippen molar-refractivity contribution < 1.29 is 4.74 Å². The van der Waals surface area contributed by atoms with Crippen molar-refractivity contribution in [3.05, 3.63) is 18.0 Å². The van der Waals surface area contributed by atoms with E-state index in [4.69, 9.17) is 17.0 Å². The number of aromatic nitrogens is 2. The maximum atomic E-state index is 5.49. The summed E-state index contributed by atoms with van der Waals surface area (Å²) in [5.41, 5.74) is 0.907. The smallest absolute Gasteiger partial charge is 0.229 e. The third-order valence-electron chi connectivity index (χ3n) is 2.53. The number of hydrogen-bond acceptors (Lipinski definition) is 4. The van der Waals surface area contributed by atoms with Crippen molar-refractivity contribution >= 4 is 23.3 Å². The third-order valence-corrected chi connectivity index (χ3v) is 2.78. The van der Waals surface area contributed by atoms with Crippen LogP contribution in [-0.2, 0) is 4.74 Å². The van der Waals surface area contributed by atoms with E-state index in [-0.39, 0.29) is 6.10 Å². The van der Waals surface area contributed by atoms with E-state index in [1.165, 1.54) is 0 Å². The highest BCUT2D eigenvalue weighted by Crippen LogP contribution is 2.10. The predicted molar refractivity (Wildman–Crippen MR) is 70.0 cm³/mol. The van der Waals surface area contributed by atoms with Gasteiger partial charge in [-0.25, -0.2) is 9.97 Å². The Morgan fingerprint density at radius 3 is 3.24 bits per heavy atom. The summed E-state index contributed by atoms with van der Waals surface area (Å²) in [6.07, 6.45) is 4.20. The Balaban J connectivity index is 1.76. The van der Waals surface area contributed by atoms with Gasteiger partial charge in [0.15, 0.2) is 5.11 Å². The van der Waals surface area contributed by atoms with E-state index < -0.39 is 0 Å². The molecule has 0 unspecified atom stereocenters. The first kappa shape index (κ1) is 12.2. The van der Waals surface area contributed by atoms with Crippen LogP contribution in [0.15, 0.2) is 12.3 Å². The minimum Gasteiger partial charge on any atom is -0.376 e. The predicted octanol–water partition coefficient (Wildman–Crippen LogP) is 1.25. The van der Waals surface area contributed by atoms with E-state index in [0.717, 1.165) is 31.7 Å². The number of nitrogens with zero attached hydrogens (tertiary/aromatic N) is 2. The zero-order valence-corrected chi connectivity index (χ0v) is 10.6. The van der Waals surface area contributed by atoms with Gasteiger partial charge >= 0.3 is 0 Å². The van der Waals surface area contributed by atoms with Crippen molar-refractivity contribution in [2.24, 2.45) is 0 Å². The number of ether oxygens (including phenoxy) is 1. The molecular weight excluding hydrogens is 236 g/mol. The molecule has 2 N–H and O–H groups in total. The topological polar surface area (TPSA) is 59.1 Å². The number of hydrogen-bond donors (Lipinski definition) is 2. The second-order valence-corrected chi connectivity index (χ2v) is 4.40. The van der Waals surface area contributed by atoms with Gasteiger partial charge < -0.3 is 15.4 Å². The molecule has 1 aromatic heterocycles. The van der Waals surface area contributed by atoms with Gasteiger partial charge in [-0.3, -0.25) is 0 Å². The van der Waals surface area contributed by atoms with Crippen LogP contribution in [0.5, 0.6) is 0 Å². The summed E-state index contributed by atoms with van der Waals surface area (Å²) in [6.45, 7) is 3.50. The molecule has 1 aliphatic heterocycles. The fourth-order valence-electron chi connectivity index (χ4n) is 1.67. The van der Waals surface area contributed by atoms with Crippen LogP contribution in [0.3, 0.4) is 0 Å². The van der Waals surface area contributed by atoms with Gasteiger partial charge in [0, 0.05) is 25.0 Å². The van der Waals surface area contributed by atoms with Gasteiger partial charge in [0.2, 0.25) is 5.95 Å². The number of anilines is 1. The third kappa shape index (κ3) is 3.90. The van der Waals surface area contributed by atoms with Crippen LogP contribution in [0.25, 0.3) is 0 Å². The maximum absolute atomic E-state index is 5.49. The van der Waals surface area contributed by atoms with E-state index in [1.807, 2.05) is 13.0 Å². The van der Waals surface area contributed by atoms with Gasteiger partial charge in [-0.15, -0.1) is 0 Å². The number of nitrogens with one attached hydrogen (secondary N) is 2. The monoisotopic (exact) mass is 252 g/mol. The quantitative estimate of drug-likeness (QED) is 0.790. The molecule has 0 bridgehead atoms. The maximum Gasteiger partial charge on any atom is 0.229 e. The second-order valence-electron chi connectivity index (χ2n) is 3.99. The molecule has 1 aliphatic rings. The minimum absolute atomic E-state index is 0.271. The van der Waals surface area contributed by atoms with Gasteiger partial charge in [-0.2, -0.15) is 0 Å². The summed E-state index contributed by atoms with van der Waals surface area (Å²) >= 11 is 5.16. The lowest BCUT2D eigenvalue weighted by Crippen LogP contribution is -2.35. The van der Waals surface area contributed by atoms with Crippen molar-refractivity contribution in [3.63, 3.8) is 0 Å². The Hall–Kier alpha value is -1.27. The average Bonchev–Trinajstić information content (AvgIpc) is 2.79. The van der Waals surface area contributed by atoms with Crippen LogP contribution in [0, 0.1) is 6.92 Å². The largest absolute Gasteiger partial charge is 0.376 e. The molecule has 2 heterocycles. The Morgan fingerprint density at radius 1 is 1.65 bits per heavy atom. The number of rotatable bonds is 3. The highest BCUT2D eigenvalue weighted by molar-refractivity contribution is 7.80. The molecule has 6 heteroatoms. The molecule has 5 nitrogen and oxygen atoms in total. The van der Waals surface area contributed by atoms with Crippen LogP contribution in [0.4, 0.5) is 5.95 Å². The Kier molecular flexibility index (Phi) is 4.22. The first-order valence-corrected chi connectivity index (χ1v) is 6.11. The highest BCUT2D eigenvalue weighted by Gasteiger charge is 2.15. The number of aryl methyl sites for hydroxylation is 1. The standard InChI is InChI=1S/C11H16N4OS/c1-8-4-5-12-10(14-8)15-11(17)13-7-9-3-2-6-16-9/h4-5,9H,2-3,6-7H2,1H3,(H2,12,13,14,15,17)/t9-/m1/s1. The SMILES string of the molecule is Cc1ccnc(NC(=S)NC[C@H]2CCCO2)n1. The molecule has 92 valence electrons. The molecular formula is C11H16N4OS. The van der Waals surface area contributed by atoms with E-state index in [2.05, 4.69) is 20.6 Å². The van der Waals surface area contributed by atoms with Crippen LogP contribution >= 0.6 is 12.2 Å².